The highest BCUT2D eigenvalue weighted by Crippen LogP contribution is 2.26. The van der Waals surface area contributed by atoms with E-state index >= 15 is 0 Å². The normalized spacial score (nSPS) is 11.2. The third kappa shape index (κ3) is 5.86. The van der Waals surface area contributed by atoms with Gasteiger partial charge in [0.2, 0.25) is 0 Å². The van der Waals surface area contributed by atoms with E-state index in [1.165, 1.54) is 17.8 Å². The number of anilines is 1. The number of hydrogen-bond donors (Lipinski definition) is 2. The third-order valence-electron chi connectivity index (χ3n) is 3.13. The molecule has 3 N–H and O–H groups in total. The lowest BCUT2D eigenvalue weighted by molar-refractivity contribution is 0.0531. The Morgan fingerprint density at radius 2 is 2.04 bits per heavy atom. The van der Waals surface area contributed by atoms with Gasteiger partial charge in [0, 0.05) is 40.8 Å². The molecule has 0 aliphatic carbocycles. The zero-order chi connectivity index (χ0) is 18.4. The molecular weight excluding hydrogens is 338 g/mol. The van der Waals surface area contributed by atoms with Gasteiger partial charge in [0.25, 0.3) is 5.56 Å². The van der Waals surface area contributed by atoms with Crippen LogP contribution in [0.1, 0.15) is 20.8 Å². The number of hydrogen-bond acceptors (Lipinski definition) is 5. The Morgan fingerprint density at radius 1 is 1.28 bits per heavy atom. The second kappa shape index (κ2) is 8.11. The fourth-order valence-electron chi connectivity index (χ4n) is 2.07. The highest BCUT2D eigenvalue weighted by atomic mass is 32.2. The van der Waals surface area contributed by atoms with Gasteiger partial charge in [-0.05, 0) is 45.0 Å². The molecule has 134 valence electrons. The van der Waals surface area contributed by atoms with E-state index in [4.69, 9.17) is 10.5 Å². The zero-order valence-electron chi connectivity index (χ0n) is 14.6. The quantitative estimate of drug-likeness (QED) is 0.486. The maximum atomic E-state index is 11.9. The molecule has 1 aromatic carbocycles. The number of aromatic nitrogens is 1. The molecule has 0 aliphatic rings. The first-order valence-electron chi connectivity index (χ1n) is 7.93. The maximum absolute atomic E-state index is 11.9. The summed E-state index contributed by atoms with van der Waals surface area (Å²) in [7, 11) is 0. The van der Waals surface area contributed by atoms with Crippen molar-refractivity contribution in [1.82, 2.24) is 9.88 Å². The standard InChI is InChI=1S/C18H23N3O3S/c1-18(2,3)24-17(23)20-9-11-25-15-12-13(7-8-14(15)19)21-10-5-4-6-16(21)22/h4-8,10,12H,9,11,19H2,1-3H3,(H,20,23). The first kappa shape index (κ1) is 18.9. The monoisotopic (exact) mass is 361 g/mol. The van der Waals surface area contributed by atoms with E-state index in [0.29, 0.717) is 18.0 Å². The lowest BCUT2D eigenvalue weighted by Crippen LogP contribution is -2.33. The molecule has 0 aliphatic heterocycles. The number of rotatable bonds is 5. The SMILES string of the molecule is CC(C)(C)OC(=O)NCCSc1cc(-n2ccccc2=O)ccc1N. The Balaban J connectivity index is 1.97. The van der Waals surface area contributed by atoms with Crippen molar-refractivity contribution in [2.24, 2.45) is 0 Å². The Morgan fingerprint density at radius 3 is 2.72 bits per heavy atom. The number of carbonyl (C=O) groups excluding carboxylic acids is 1. The average Bonchev–Trinajstić information content (AvgIpc) is 2.52. The summed E-state index contributed by atoms with van der Waals surface area (Å²) in [4.78, 5) is 24.4. The van der Waals surface area contributed by atoms with Gasteiger partial charge in [-0.1, -0.05) is 6.07 Å². The number of pyridine rings is 1. The van der Waals surface area contributed by atoms with Crippen LogP contribution in [0.15, 0.2) is 52.3 Å². The summed E-state index contributed by atoms with van der Waals surface area (Å²) in [5.74, 6) is 0.636. The van der Waals surface area contributed by atoms with Gasteiger partial charge in [0.05, 0.1) is 0 Å². The van der Waals surface area contributed by atoms with Crippen LogP contribution < -0.4 is 16.6 Å². The van der Waals surface area contributed by atoms with Gasteiger partial charge in [0.15, 0.2) is 0 Å². The number of nitrogens with two attached hydrogens (primary N) is 1. The molecule has 0 bridgehead atoms. The molecule has 25 heavy (non-hydrogen) atoms. The minimum Gasteiger partial charge on any atom is -0.444 e. The van der Waals surface area contributed by atoms with E-state index < -0.39 is 11.7 Å². The number of ether oxygens (including phenoxy) is 1. The first-order chi connectivity index (χ1) is 11.8. The van der Waals surface area contributed by atoms with Crippen LogP contribution in [0.4, 0.5) is 10.5 Å². The third-order valence-corrected chi connectivity index (χ3v) is 4.20. The summed E-state index contributed by atoms with van der Waals surface area (Å²) in [6, 6.07) is 10.5. The Labute approximate surface area is 151 Å². The van der Waals surface area contributed by atoms with E-state index in [9.17, 15) is 9.59 Å². The minimum absolute atomic E-state index is 0.102. The van der Waals surface area contributed by atoms with Crippen LogP contribution in [0, 0.1) is 0 Å². The number of nitrogens with zero attached hydrogens (tertiary/aromatic N) is 1. The van der Waals surface area contributed by atoms with Crippen molar-refractivity contribution in [3.8, 4) is 5.69 Å². The van der Waals surface area contributed by atoms with Crippen LogP contribution in [0.3, 0.4) is 0 Å². The van der Waals surface area contributed by atoms with E-state index in [-0.39, 0.29) is 5.56 Å². The number of nitrogen functional groups attached to an aromatic ring is 1. The fourth-order valence-corrected chi connectivity index (χ4v) is 2.93. The van der Waals surface area contributed by atoms with Crippen molar-refractivity contribution in [3.05, 3.63) is 52.9 Å². The molecule has 0 saturated carbocycles. The predicted molar refractivity (Wildman–Crippen MR) is 101 cm³/mol. The molecular formula is C18H23N3O3S. The zero-order valence-corrected chi connectivity index (χ0v) is 15.4. The topological polar surface area (TPSA) is 86.3 Å². The number of thioether (sulfide) groups is 1. The molecule has 0 spiro atoms. The van der Waals surface area contributed by atoms with Crippen LogP contribution >= 0.6 is 11.8 Å². The average molecular weight is 361 g/mol. The summed E-state index contributed by atoms with van der Waals surface area (Å²) in [5, 5.41) is 2.71. The fraction of sp³-hybridized carbons (Fsp3) is 0.333. The Kier molecular flexibility index (Phi) is 6.14. The van der Waals surface area contributed by atoms with Gasteiger partial charge in [-0.2, -0.15) is 0 Å². The molecule has 0 fully saturated rings. The van der Waals surface area contributed by atoms with Crippen LogP contribution in [-0.4, -0.2) is 28.6 Å². The van der Waals surface area contributed by atoms with Crippen molar-refractivity contribution in [3.63, 3.8) is 0 Å². The molecule has 1 amide bonds. The maximum Gasteiger partial charge on any atom is 0.407 e. The molecule has 1 heterocycles. The lowest BCUT2D eigenvalue weighted by Gasteiger charge is -2.19. The van der Waals surface area contributed by atoms with Crippen molar-refractivity contribution in [1.29, 1.82) is 0 Å². The van der Waals surface area contributed by atoms with Crippen LogP contribution in [-0.2, 0) is 4.74 Å². The van der Waals surface area contributed by atoms with E-state index in [1.54, 1.807) is 35.0 Å². The predicted octanol–water partition coefficient (Wildman–Crippen LogP) is 3.04. The molecule has 2 aromatic rings. The second-order valence-electron chi connectivity index (χ2n) is 6.41. The van der Waals surface area contributed by atoms with E-state index in [2.05, 4.69) is 5.32 Å². The molecule has 0 radical (unpaired) electrons. The highest BCUT2D eigenvalue weighted by molar-refractivity contribution is 7.99. The van der Waals surface area contributed by atoms with Crippen molar-refractivity contribution >= 4 is 23.5 Å². The van der Waals surface area contributed by atoms with Gasteiger partial charge in [-0.15, -0.1) is 11.8 Å². The highest BCUT2D eigenvalue weighted by Gasteiger charge is 2.15. The van der Waals surface area contributed by atoms with Gasteiger partial charge < -0.3 is 15.8 Å². The molecule has 0 saturated heterocycles. The molecule has 1 aromatic heterocycles. The summed E-state index contributed by atoms with van der Waals surface area (Å²) < 4.78 is 6.74. The summed E-state index contributed by atoms with van der Waals surface area (Å²) in [6.45, 7) is 5.91. The number of carbonyl (C=O) groups is 1. The minimum atomic E-state index is -0.515. The Bertz CT molecular complexity index is 797. The van der Waals surface area contributed by atoms with Gasteiger partial charge in [0.1, 0.15) is 5.60 Å². The molecule has 6 nitrogen and oxygen atoms in total. The Hall–Kier alpha value is -2.41. The van der Waals surface area contributed by atoms with Gasteiger partial charge in [-0.3, -0.25) is 9.36 Å². The molecule has 2 rings (SSSR count). The van der Waals surface area contributed by atoms with Crippen molar-refractivity contribution in [2.45, 2.75) is 31.3 Å². The van der Waals surface area contributed by atoms with Gasteiger partial charge in [-0.25, -0.2) is 4.79 Å². The molecule has 0 unspecified atom stereocenters. The number of alkyl carbamates (subject to hydrolysis) is 1. The second-order valence-corrected chi connectivity index (χ2v) is 7.54. The smallest absolute Gasteiger partial charge is 0.407 e. The van der Waals surface area contributed by atoms with Crippen LogP contribution in [0.2, 0.25) is 0 Å². The largest absolute Gasteiger partial charge is 0.444 e. The van der Waals surface area contributed by atoms with E-state index in [1.807, 2.05) is 26.8 Å². The van der Waals surface area contributed by atoms with Crippen LogP contribution in [0.5, 0.6) is 0 Å². The summed E-state index contributed by atoms with van der Waals surface area (Å²) >= 11 is 1.51. The number of benzene rings is 1. The lowest BCUT2D eigenvalue weighted by atomic mass is 10.2. The molecule has 7 heteroatoms. The molecule has 0 atom stereocenters. The first-order valence-corrected chi connectivity index (χ1v) is 8.92. The van der Waals surface area contributed by atoms with Crippen LogP contribution in [0.25, 0.3) is 5.69 Å². The van der Waals surface area contributed by atoms with Gasteiger partial charge >= 0.3 is 6.09 Å². The summed E-state index contributed by atoms with van der Waals surface area (Å²) in [6.07, 6.45) is 1.28. The number of amides is 1. The van der Waals surface area contributed by atoms with E-state index in [0.717, 1.165) is 10.6 Å². The summed E-state index contributed by atoms with van der Waals surface area (Å²) in [5.41, 5.74) is 6.78. The van der Waals surface area contributed by atoms with Crippen molar-refractivity contribution in [2.75, 3.05) is 18.0 Å². The number of nitrogens with one attached hydrogen (secondary N) is 1. The van der Waals surface area contributed by atoms with Crippen molar-refractivity contribution < 1.29 is 9.53 Å².